The van der Waals surface area contributed by atoms with Crippen molar-refractivity contribution in [3.8, 4) is 12.1 Å². The summed E-state index contributed by atoms with van der Waals surface area (Å²) in [6, 6.07) is 5.95. The van der Waals surface area contributed by atoms with Crippen molar-refractivity contribution >= 4 is 15.5 Å². The molecule has 88 valence electrons. The van der Waals surface area contributed by atoms with Crippen LogP contribution in [0, 0.1) is 22.7 Å². The van der Waals surface area contributed by atoms with Crippen LogP contribution in [-0.4, -0.2) is 13.7 Å². The Morgan fingerprint density at radius 2 is 1.65 bits per heavy atom. The van der Waals surface area contributed by atoms with Gasteiger partial charge in [0.2, 0.25) is 0 Å². The molecule has 17 heavy (non-hydrogen) atoms. The summed E-state index contributed by atoms with van der Waals surface area (Å²) in [5.74, 6) is 0. The van der Waals surface area contributed by atoms with Crippen LogP contribution in [0.15, 0.2) is 17.0 Å². The zero-order valence-electron chi connectivity index (χ0n) is 9.43. The van der Waals surface area contributed by atoms with E-state index in [0.29, 0.717) is 0 Å². The highest BCUT2D eigenvalue weighted by Gasteiger charge is 2.23. The van der Waals surface area contributed by atoms with E-state index in [1.54, 1.807) is 12.1 Å². The van der Waals surface area contributed by atoms with Crippen LogP contribution in [0.5, 0.6) is 0 Å². The van der Waals surface area contributed by atoms with Gasteiger partial charge in [0.1, 0.15) is 12.1 Å². The third-order valence-corrected chi connectivity index (χ3v) is 4.53. The van der Waals surface area contributed by atoms with Crippen LogP contribution in [0.1, 0.15) is 25.0 Å². The standard InChI is InChI=1S/C11H11N3O2S/c1-7(2)17(15,16)11-4-9(6-13)8(5-12)3-10(11)14/h3-4,7H,14H2,1-2H3. The van der Waals surface area contributed by atoms with Gasteiger partial charge in [-0.2, -0.15) is 10.5 Å². The first kappa shape index (κ1) is 13.0. The monoisotopic (exact) mass is 249 g/mol. The van der Waals surface area contributed by atoms with Crippen molar-refractivity contribution in [2.45, 2.75) is 24.0 Å². The second-order valence-corrected chi connectivity index (χ2v) is 6.23. The molecular weight excluding hydrogens is 238 g/mol. The molecule has 1 aromatic carbocycles. The molecule has 0 aliphatic rings. The second kappa shape index (κ2) is 4.44. The van der Waals surface area contributed by atoms with Gasteiger partial charge < -0.3 is 5.73 Å². The first-order chi connectivity index (χ1) is 7.84. The molecule has 0 bridgehead atoms. The normalized spacial score (nSPS) is 10.9. The van der Waals surface area contributed by atoms with E-state index < -0.39 is 15.1 Å². The molecule has 5 nitrogen and oxygen atoms in total. The highest BCUT2D eigenvalue weighted by Crippen LogP contribution is 2.26. The molecule has 0 amide bonds. The maximum Gasteiger partial charge on any atom is 0.182 e. The number of rotatable bonds is 2. The topological polar surface area (TPSA) is 108 Å². The van der Waals surface area contributed by atoms with Gasteiger partial charge in [-0.15, -0.1) is 0 Å². The van der Waals surface area contributed by atoms with Crippen molar-refractivity contribution in [1.29, 1.82) is 10.5 Å². The summed E-state index contributed by atoms with van der Waals surface area (Å²) in [6.07, 6.45) is 0. The van der Waals surface area contributed by atoms with Crippen molar-refractivity contribution in [1.82, 2.24) is 0 Å². The van der Waals surface area contributed by atoms with Crippen LogP contribution in [0.2, 0.25) is 0 Å². The molecular formula is C11H11N3O2S. The molecule has 0 heterocycles. The average molecular weight is 249 g/mol. The largest absolute Gasteiger partial charge is 0.398 e. The summed E-state index contributed by atoms with van der Waals surface area (Å²) in [4.78, 5) is -0.0944. The van der Waals surface area contributed by atoms with Gasteiger partial charge in [-0.25, -0.2) is 8.42 Å². The van der Waals surface area contributed by atoms with Crippen LogP contribution in [0.4, 0.5) is 5.69 Å². The second-order valence-electron chi connectivity index (χ2n) is 3.75. The molecule has 0 atom stereocenters. The van der Waals surface area contributed by atoms with Crippen molar-refractivity contribution in [2.75, 3.05) is 5.73 Å². The van der Waals surface area contributed by atoms with Gasteiger partial charge in [0.05, 0.1) is 27.0 Å². The van der Waals surface area contributed by atoms with Gasteiger partial charge >= 0.3 is 0 Å². The van der Waals surface area contributed by atoms with E-state index in [1.165, 1.54) is 19.9 Å². The molecule has 0 radical (unpaired) electrons. The lowest BCUT2D eigenvalue weighted by molar-refractivity contribution is 0.588. The molecule has 1 aromatic rings. The highest BCUT2D eigenvalue weighted by molar-refractivity contribution is 7.92. The van der Waals surface area contributed by atoms with Crippen molar-refractivity contribution < 1.29 is 8.42 Å². The minimum Gasteiger partial charge on any atom is -0.398 e. The summed E-state index contributed by atoms with van der Waals surface area (Å²) in [5, 5.41) is 17.0. The van der Waals surface area contributed by atoms with Gasteiger partial charge in [-0.05, 0) is 26.0 Å². The van der Waals surface area contributed by atoms with Crippen molar-refractivity contribution in [2.24, 2.45) is 0 Å². The van der Waals surface area contributed by atoms with Gasteiger partial charge in [0.25, 0.3) is 0 Å². The lowest BCUT2D eigenvalue weighted by Gasteiger charge is -2.11. The number of hydrogen-bond donors (Lipinski definition) is 1. The summed E-state index contributed by atoms with van der Waals surface area (Å²) >= 11 is 0. The van der Waals surface area contributed by atoms with E-state index in [-0.39, 0.29) is 21.7 Å². The van der Waals surface area contributed by atoms with Gasteiger partial charge in [0.15, 0.2) is 9.84 Å². The Kier molecular flexibility index (Phi) is 3.40. The number of hydrogen-bond acceptors (Lipinski definition) is 5. The van der Waals surface area contributed by atoms with E-state index in [1.807, 2.05) is 0 Å². The van der Waals surface area contributed by atoms with E-state index in [9.17, 15) is 8.42 Å². The third-order valence-electron chi connectivity index (χ3n) is 2.32. The van der Waals surface area contributed by atoms with Crippen LogP contribution in [0.3, 0.4) is 0 Å². The summed E-state index contributed by atoms with van der Waals surface area (Å²) in [5.41, 5.74) is 5.69. The zero-order chi connectivity index (χ0) is 13.2. The van der Waals surface area contributed by atoms with Crippen LogP contribution in [-0.2, 0) is 9.84 Å². The third kappa shape index (κ3) is 2.22. The number of anilines is 1. The zero-order valence-corrected chi connectivity index (χ0v) is 10.2. The SMILES string of the molecule is CC(C)S(=O)(=O)c1cc(C#N)c(C#N)cc1N. The number of benzene rings is 1. The fourth-order valence-electron chi connectivity index (χ4n) is 1.28. The van der Waals surface area contributed by atoms with E-state index in [4.69, 9.17) is 16.3 Å². The van der Waals surface area contributed by atoms with Gasteiger partial charge in [0, 0.05) is 0 Å². The van der Waals surface area contributed by atoms with Crippen LogP contribution < -0.4 is 5.73 Å². The Balaban J connectivity index is 3.61. The minimum atomic E-state index is -3.55. The number of nitrogens with zero attached hydrogens (tertiary/aromatic N) is 2. The smallest absolute Gasteiger partial charge is 0.182 e. The Morgan fingerprint density at radius 3 is 2.06 bits per heavy atom. The Labute approximate surface area is 100 Å². The molecule has 1 rings (SSSR count). The number of nitrogens with two attached hydrogens (primary N) is 1. The maximum absolute atomic E-state index is 11.9. The van der Waals surface area contributed by atoms with Gasteiger partial charge in [-0.3, -0.25) is 0 Å². The molecule has 0 aliphatic heterocycles. The number of nitriles is 2. The van der Waals surface area contributed by atoms with Crippen LogP contribution >= 0.6 is 0 Å². The number of nitrogen functional groups attached to an aromatic ring is 1. The Bertz CT molecular complexity index is 634. The summed E-state index contributed by atoms with van der Waals surface area (Å²) < 4.78 is 23.9. The van der Waals surface area contributed by atoms with Gasteiger partial charge in [-0.1, -0.05) is 0 Å². The molecule has 0 aromatic heterocycles. The molecule has 0 saturated heterocycles. The molecule has 0 unspecified atom stereocenters. The van der Waals surface area contributed by atoms with Crippen LogP contribution in [0.25, 0.3) is 0 Å². The average Bonchev–Trinajstić information content (AvgIpc) is 2.27. The molecule has 0 saturated carbocycles. The van der Waals surface area contributed by atoms with Crippen molar-refractivity contribution in [3.05, 3.63) is 23.3 Å². The van der Waals surface area contributed by atoms with Crippen molar-refractivity contribution in [3.63, 3.8) is 0 Å². The summed E-state index contributed by atoms with van der Waals surface area (Å²) in [7, 11) is -3.55. The number of sulfone groups is 1. The Hall–Kier alpha value is -2.05. The van der Waals surface area contributed by atoms with E-state index in [2.05, 4.69) is 0 Å². The lowest BCUT2D eigenvalue weighted by Crippen LogP contribution is -2.16. The fraction of sp³-hybridized carbons (Fsp3) is 0.273. The molecule has 6 heteroatoms. The molecule has 0 fully saturated rings. The summed E-state index contributed by atoms with van der Waals surface area (Å²) in [6.45, 7) is 3.05. The minimum absolute atomic E-state index is 0.00532. The predicted molar refractivity (Wildman–Crippen MR) is 62.6 cm³/mol. The van der Waals surface area contributed by atoms with E-state index >= 15 is 0 Å². The predicted octanol–water partition coefficient (Wildman–Crippen LogP) is 1.19. The molecule has 0 spiro atoms. The quantitative estimate of drug-likeness (QED) is 0.792. The highest BCUT2D eigenvalue weighted by atomic mass is 32.2. The molecule has 0 aliphatic carbocycles. The van der Waals surface area contributed by atoms with E-state index in [0.717, 1.165) is 6.07 Å². The molecule has 2 N–H and O–H groups in total. The maximum atomic E-state index is 11.9. The lowest BCUT2D eigenvalue weighted by atomic mass is 10.1. The first-order valence-electron chi connectivity index (χ1n) is 4.82. The Morgan fingerprint density at radius 1 is 1.18 bits per heavy atom. The first-order valence-corrected chi connectivity index (χ1v) is 6.36. The fourth-order valence-corrected chi connectivity index (χ4v) is 2.46.